The largest absolute Gasteiger partial charge is 0.416 e. The number of alkyl halides is 3. The summed E-state index contributed by atoms with van der Waals surface area (Å²) in [6.45, 7) is 2.86. The summed E-state index contributed by atoms with van der Waals surface area (Å²) in [7, 11) is 0. The molecular formula is C29H33F4N3S2. The highest BCUT2D eigenvalue weighted by molar-refractivity contribution is 8.01. The van der Waals surface area contributed by atoms with Crippen molar-refractivity contribution >= 4 is 40.3 Å². The van der Waals surface area contributed by atoms with Crippen LogP contribution in [0.3, 0.4) is 0 Å². The molecule has 3 aromatic rings. The van der Waals surface area contributed by atoms with Crippen LogP contribution in [0, 0.1) is 5.13 Å². The zero-order valence-corrected chi connectivity index (χ0v) is 23.1. The SMILES string of the molecule is CCCCCCCCc1ccc(N(Sc2ccccc2)c2nc(C3C=NCCC3)c(F)s2)cc1C(F)(F)F. The van der Waals surface area contributed by atoms with E-state index in [0.717, 1.165) is 74.1 Å². The van der Waals surface area contributed by atoms with Crippen molar-refractivity contribution in [1.29, 1.82) is 0 Å². The molecule has 1 atom stereocenters. The second-order valence-corrected chi connectivity index (χ2v) is 11.5. The molecule has 38 heavy (non-hydrogen) atoms. The summed E-state index contributed by atoms with van der Waals surface area (Å²) in [6.07, 6.45) is 5.31. The van der Waals surface area contributed by atoms with E-state index in [2.05, 4.69) is 16.9 Å². The molecule has 0 saturated heterocycles. The Morgan fingerprint density at radius 3 is 2.50 bits per heavy atom. The third kappa shape index (κ3) is 7.59. The molecule has 0 fully saturated rings. The average Bonchev–Trinajstić information content (AvgIpc) is 3.31. The lowest BCUT2D eigenvalue weighted by atomic mass is 9.99. The first kappa shape index (κ1) is 28.6. The van der Waals surface area contributed by atoms with Crippen molar-refractivity contribution in [2.24, 2.45) is 4.99 Å². The van der Waals surface area contributed by atoms with Crippen molar-refractivity contribution in [2.45, 2.75) is 81.7 Å². The van der Waals surface area contributed by atoms with Gasteiger partial charge in [0.05, 0.1) is 16.9 Å². The topological polar surface area (TPSA) is 28.5 Å². The lowest BCUT2D eigenvalue weighted by molar-refractivity contribution is -0.138. The van der Waals surface area contributed by atoms with Gasteiger partial charge in [-0.2, -0.15) is 17.6 Å². The van der Waals surface area contributed by atoms with Gasteiger partial charge in [0.25, 0.3) is 0 Å². The van der Waals surface area contributed by atoms with Crippen LogP contribution in [0.4, 0.5) is 28.4 Å². The minimum Gasteiger partial charge on any atom is -0.297 e. The van der Waals surface area contributed by atoms with Crippen LogP contribution in [0.25, 0.3) is 0 Å². The van der Waals surface area contributed by atoms with Crippen LogP contribution in [0.1, 0.15) is 81.0 Å². The molecule has 1 unspecified atom stereocenters. The number of halogens is 4. The van der Waals surface area contributed by atoms with Crippen molar-refractivity contribution in [1.82, 2.24) is 4.98 Å². The Kier molecular flexibility index (Phi) is 10.2. The van der Waals surface area contributed by atoms with Gasteiger partial charge in [0, 0.05) is 23.6 Å². The molecule has 0 aliphatic carbocycles. The number of aromatic nitrogens is 1. The molecule has 9 heteroatoms. The van der Waals surface area contributed by atoms with Gasteiger partial charge in [0.2, 0.25) is 10.3 Å². The molecule has 0 spiro atoms. The maximum Gasteiger partial charge on any atom is 0.416 e. The van der Waals surface area contributed by atoms with Crippen molar-refractivity contribution in [2.75, 3.05) is 10.8 Å². The monoisotopic (exact) mass is 563 g/mol. The van der Waals surface area contributed by atoms with Gasteiger partial charge >= 0.3 is 6.18 Å². The predicted molar refractivity (Wildman–Crippen MR) is 150 cm³/mol. The molecule has 1 aliphatic heterocycles. The summed E-state index contributed by atoms with van der Waals surface area (Å²) in [6, 6.07) is 13.8. The fraction of sp³-hybridized carbons (Fsp3) is 0.448. The quantitative estimate of drug-likeness (QED) is 0.125. The molecule has 4 rings (SSSR count). The lowest BCUT2D eigenvalue weighted by Gasteiger charge is -2.23. The molecule has 2 aromatic carbocycles. The Bertz CT molecular complexity index is 1190. The normalized spacial score (nSPS) is 15.7. The average molecular weight is 564 g/mol. The van der Waals surface area contributed by atoms with E-state index in [9.17, 15) is 13.2 Å². The molecule has 0 amide bonds. The van der Waals surface area contributed by atoms with Gasteiger partial charge in [-0.3, -0.25) is 9.30 Å². The van der Waals surface area contributed by atoms with E-state index in [0.29, 0.717) is 28.5 Å². The number of unbranched alkanes of at least 4 members (excludes halogenated alkanes) is 5. The van der Waals surface area contributed by atoms with Gasteiger partial charge in [0.1, 0.15) is 0 Å². The second-order valence-electron chi connectivity index (χ2n) is 9.52. The van der Waals surface area contributed by atoms with E-state index in [4.69, 9.17) is 0 Å². The first-order chi connectivity index (χ1) is 18.4. The number of anilines is 2. The first-order valence-corrected chi connectivity index (χ1v) is 14.8. The van der Waals surface area contributed by atoms with Crippen LogP contribution < -0.4 is 4.31 Å². The number of thiazole rings is 1. The zero-order chi connectivity index (χ0) is 27.0. The van der Waals surface area contributed by atoms with Crippen molar-refractivity contribution in [3.63, 3.8) is 0 Å². The summed E-state index contributed by atoms with van der Waals surface area (Å²) in [5.74, 6) is -0.220. The maximum absolute atomic E-state index is 15.1. The Balaban J connectivity index is 1.65. The zero-order valence-electron chi connectivity index (χ0n) is 21.5. The van der Waals surface area contributed by atoms with Gasteiger partial charge in [-0.15, -0.1) is 0 Å². The third-order valence-electron chi connectivity index (χ3n) is 6.58. The predicted octanol–water partition coefficient (Wildman–Crippen LogP) is 10.00. The van der Waals surface area contributed by atoms with Crippen LogP contribution in [0.2, 0.25) is 0 Å². The fourth-order valence-corrected chi connectivity index (χ4v) is 6.41. The number of aliphatic imine (C=N–C) groups is 1. The number of rotatable bonds is 12. The summed E-state index contributed by atoms with van der Waals surface area (Å²) < 4.78 is 59.3. The summed E-state index contributed by atoms with van der Waals surface area (Å²) >= 11 is 2.09. The summed E-state index contributed by atoms with van der Waals surface area (Å²) in [4.78, 5) is 9.67. The second kappa shape index (κ2) is 13.6. The lowest BCUT2D eigenvalue weighted by Crippen LogP contribution is -2.13. The maximum atomic E-state index is 15.1. The summed E-state index contributed by atoms with van der Waals surface area (Å²) in [5, 5.41) is -0.116. The highest BCUT2D eigenvalue weighted by atomic mass is 32.2. The van der Waals surface area contributed by atoms with Gasteiger partial charge in [-0.05, 0) is 67.5 Å². The standard InChI is InChI=1S/C29H33F4N3S2/c1-2-3-4-5-6-8-12-21-16-17-23(19-25(21)29(31,32)33)36(38-24-14-9-7-10-15-24)28-35-26(27(30)37-28)22-13-11-18-34-20-22/h7,9-10,14-17,19-20,22H,2-6,8,11-13,18H2,1H3. The third-order valence-corrected chi connectivity index (χ3v) is 8.59. The molecule has 2 heterocycles. The van der Waals surface area contributed by atoms with E-state index in [-0.39, 0.29) is 5.92 Å². The molecule has 3 nitrogen and oxygen atoms in total. The molecule has 1 aromatic heterocycles. The van der Waals surface area contributed by atoms with Gasteiger partial charge < -0.3 is 0 Å². The fourth-order valence-electron chi connectivity index (χ4n) is 4.56. The Labute approximate surface area is 230 Å². The molecule has 1 aliphatic rings. The van der Waals surface area contributed by atoms with Crippen molar-refractivity contribution < 1.29 is 17.6 Å². The first-order valence-electron chi connectivity index (χ1n) is 13.3. The Morgan fingerprint density at radius 1 is 1.03 bits per heavy atom. The van der Waals surface area contributed by atoms with Crippen LogP contribution in [0.5, 0.6) is 0 Å². The smallest absolute Gasteiger partial charge is 0.297 e. The van der Waals surface area contributed by atoms with E-state index < -0.39 is 16.9 Å². The van der Waals surface area contributed by atoms with E-state index in [1.807, 2.05) is 30.3 Å². The Hall–Kier alpha value is -2.39. The van der Waals surface area contributed by atoms with Crippen molar-refractivity contribution in [3.05, 3.63) is 70.5 Å². The van der Waals surface area contributed by atoms with Gasteiger partial charge in [-0.1, -0.05) is 74.6 Å². The molecule has 0 saturated carbocycles. The number of benzene rings is 2. The number of nitrogens with zero attached hydrogens (tertiary/aromatic N) is 3. The van der Waals surface area contributed by atoms with Crippen molar-refractivity contribution in [3.8, 4) is 0 Å². The molecule has 0 N–H and O–H groups in total. The molecular weight excluding hydrogens is 530 g/mol. The highest BCUT2D eigenvalue weighted by Gasteiger charge is 2.34. The molecule has 0 radical (unpaired) electrons. The van der Waals surface area contributed by atoms with Crippen LogP contribution >= 0.6 is 23.3 Å². The van der Waals surface area contributed by atoms with Crippen LogP contribution in [-0.4, -0.2) is 17.7 Å². The van der Waals surface area contributed by atoms with E-state index >= 15 is 4.39 Å². The Morgan fingerprint density at radius 2 is 1.79 bits per heavy atom. The van der Waals surface area contributed by atoms with E-state index in [1.54, 1.807) is 22.7 Å². The molecule has 204 valence electrons. The number of hydrogen-bond acceptors (Lipinski definition) is 5. The minimum absolute atomic E-state index is 0.220. The van der Waals surface area contributed by atoms with E-state index in [1.165, 1.54) is 18.0 Å². The van der Waals surface area contributed by atoms with Crippen LogP contribution in [0.15, 0.2) is 58.4 Å². The van der Waals surface area contributed by atoms with Crippen LogP contribution in [-0.2, 0) is 12.6 Å². The summed E-state index contributed by atoms with van der Waals surface area (Å²) in [5.41, 5.74) is 0.281. The molecule has 0 bridgehead atoms. The van der Waals surface area contributed by atoms with Gasteiger partial charge in [-0.25, -0.2) is 4.98 Å². The van der Waals surface area contributed by atoms with Gasteiger partial charge in [0.15, 0.2) is 0 Å². The number of hydrogen-bond donors (Lipinski definition) is 0. The number of aryl methyl sites for hydroxylation is 1. The highest BCUT2D eigenvalue weighted by Crippen LogP contribution is 2.44. The minimum atomic E-state index is -4.49.